The summed E-state index contributed by atoms with van der Waals surface area (Å²) in [6.45, 7) is 0.394. The van der Waals surface area contributed by atoms with Crippen LogP contribution in [0.15, 0.2) is 18.2 Å². The summed E-state index contributed by atoms with van der Waals surface area (Å²) < 4.78 is 18.5. The topological polar surface area (TPSA) is 55.6 Å². The molecule has 2 atom stereocenters. The third kappa shape index (κ3) is 3.28. The molecule has 5 heteroatoms. The van der Waals surface area contributed by atoms with E-state index in [-0.39, 0.29) is 23.6 Å². The number of nitrogens with two attached hydrogens (primary N) is 1. The molecule has 0 bridgehead atoms. The van der Waals surface area contributed by atoms with Crippen LogP contribution in [0.1, 0.15) is 24.8 Å². The van der Waals surface area contributed by atoms with Crippen LogP contribution in [0.4, 0.5) is 4.39 Å². The van der Waals surface area contributed by atoms with E-state index in [1.807, 2.05) is 0 Å². The Kier molecular flexibility index (Phi) is 4.60. The van der Waals surface area contributed by atoms with E-state index in [2.05, 4.69) is 0 Å². The molecule has 4 nitrogen and oxygen atoms in total. The summed E-state index contributed by atoms with van der Waals surface area (Å²) in [7, 11) is 3.17. The summed E-state index contributed by atoms with van der Waals surface area (Å²) in [5.74, 6) is -0.0921. The maximum atomic E-state index is 13.6. The molecule has 1 aromatic carbocycles. The first-order chi connectivity index (χ1) is 9.51. The van der Waals surface area contributed by atoms with Gasteiger partial charge in [0.25, 0.3) is 0 Å². The van der Waals surface area contributed by atoms with Crippen LogP contribution < -0.4 is 10.5 Å². The molecule has 0 aromatic heterocycles. The fourth-order valence-corrected chi connectivity index (χ4v) is 2.71. The van der Waals surface area contributed by atoms with E-state index >= 15 is 0 Å². The molecule has 0 radical (unpaired) electrons. The largest absolute Gasteiger partial charge is 0.494 e. The van der Waals surface area contributed by atoms with E-state index in [4.69, 9.17) is 10.5 Å². The predicted octanol–water partition coefficient (Wildman–Crippen LogP) is 1.92. The lowest BCUT2D eigenvalue weighted by Gasteiger charge is -2.21. The van der Waals surface area contributed by atoms with Crippen LogP contribution in [0.3, 0.4) is 0 Å². The molecule has 0 saturated heterocycles. The zero-order valence-electron chi connectivity index (χ0n) is 11.9. The first-order valence-corrected chi connectivity index (χ1v) is 6.84. The number of benzene rings is 1. The van der Waals surface area contributed by atoms with Crippen molar-refractivity contribution < 1.29 is 13.9 Å². The van der Waals surface area contributed by atoms with Crippen LogP contribution in [0.25, 0.3) is 0 Å². The molecule has 1 fully saturated rings. The van der Waals surface area contributed by atoms with Crippen molar-refractivity contribution >= 4 is 5.91 Å². The van der Waals surface area contributed by atoms with Crippen LogP contribution in [-0.4, -0.2) is 31.0 Å². The van der Waals surface area contributed by atoms with E-state index in [9.17, 15) is 9.18 Å². The average Bonchev–Trinajstić information content (AvgIpc) is 2.84. The summed E-state index contributed by atoms with van der Waals surface area (Å²) in [5.41, 5.74) is 6.58. The van der Waals surface area contributed by atoms with Gasteiger partial charge in [0, 0.05) is 25.6 Å². The van der Waals surface area contributed by atoms with E-state index in [0.29, 0.717) is 6.54 Å². The van der Waals surface area contributed by atoms with Crippen LogP contribution in [-0.2, 0) is 11.3 Å². The monoisotopic (exact) mass is 280 g/mol. The number of carbonyl (C=O) groups is 1. The highest BCUT2D eigenvalue weighted by molar-refractivity contribution is 5.79. The van der Waals surface area contributed by atoms with E-state index in [1.165, 1.54) is 13.2 Å². The van der Waals surface area contributed by atoms with Gasteiger partial charge in [-0.05, 0) is 37.0 Å². The molecule has 0 heterocycles. The number of methoxy groups -OCH3 is 1. The molecule has 2 N–H and O–H groups in total. The molecule has 1 aliphatic carbocycles. The Morgan fingerprint density at radius 2 is 2.25 bits per heavy atom. The van der Waals surface area contributed by atoms with Crippen LogP contribution >= 0.6 is 0 Å². The van der Waals surface area contributed by atoms with Gasteiger partial charge in [-0.3, -0.25) is 4.79 Å². The zero-order chi connectivity index (χ0) is 14.7. The van der Waals surface area contributed by atoms with Crippen molar-refractivity contribution in [2.45, 2.75) is 31.8 Å². The Hall–Kier alpha value is -1.62. The smallest absolute Gasteiger partial charge is 0.225 e. The van der Waals surface area contributed by atoms with Crippen molar-refractivity contribution in [2.24, 2.45) is 11.7 Å². The number of halogens is 1. The standard InChI is InChI=1S/C15H21FN2O2/c1-18(15(19)11-4-5-12(17)8-11)9-10-3-6-14(20-2)13(16)7-10/h3,6-7,11-12H,4-5,8-9,17H2,1-2H3/t11-,12-/m0/s1. The zero-order valence-corrected chi connectivity index (χ0v) is 11.9. The number of nitrogens with zero attached hydrogens (tertiary/aromatic N) is 1. The van der Waals surface area contributed by atoms with Gasteiger partial charge in [0.05, 0.1) is 7.11 Å². The van der Waals surface area contributed by atoms with E-state index < -0.39 is 5.82 Å². The highest BCUT2D eigenvalue weighted by Crippen LogP contribution is 2.26. The minimum absolute atomic E-state index is 0.0121. The number of amides is 1. The van der Waals surface area contributed by atoms with Crippen molar-refractivity contribution in [2.75, 3.05) is 14.2 Å². The SMILES string of the molecule is COc1ccc(CN(C)C(=O)[C@H]2CC[C@H](N)C2)cc1F. The number of hydrogen-bond acceptors (Lipinski definition) is 3. The number of rotatable bonds is 4. The average molecular weight is 280 g/mol. The van der Waals surface area contributed by atoms with E-state index in [0.717, 1.165) is 24.8 Å². The predicted molar refractivity (Wildman–Crippen MR) is 74.7 cm³/mol. The summed E-state index contributed by atoms with van der Waals surface area (Å²) in [4.78, 5) is 13.9. The van der Waals surface area contributed by atoms with Crippen molar-refractivity contribution in [3.05, 3.63) is 29.6 Å². The molecule has 1 aliphatic rings. The molecule has 1 amide bonds. The van der Waals surface area contributed by atoms with Gasteiger partial charge in [0.15, 0.2) is 11.6 Å². The molecule has 0 spiro atoms. The second-order valence-corrected chi connectivity index (χ2v) is 5.43. The Bertz CT molecular complexity index is 493. The highest BCUT2D eigenvalue weighted by atomic mass is 19.1. The summed E-state index contributed by atoms with van der Waals surface area (Å²) in [5, 5.41) is 0. The van der Waals surface area contributed by atoms with Gasteiger partial charge >= 0.3 is 0 Å². The van der Waals surface area contributed by atoms with Gasteiger partial charge in [-0.1, -0.05) is 6.07 Å². The number of ether oxygens (including phenoxy) is 1. The summed E-state index contributed by atoms with van der Waals surface area (Å²) in [6.07, 6.45) is 2.50. The van der Waals surface area contributed by atoms with Crippen molar-refractivity contribution in [1.29, 1.82) is 0 Å². The second-order valence-electron chi connectivity index (χ2n) is 5.43. The Morgan fingerprint density at radius 3 is 2.80 bits per heavy atom. The molecule has 1 saturated carbocycles. The fourth-order valence-electron chi connectivity index (χ4n) is 2.71. The maximum Gasteiger partial charge on any atom is 0.225 e. The van der Waals surface area contributed by atoms with Gasteiger partial charge in [0.1, 0.15) is 0 Å². The molecular weight excluding hydrogens is 259 g/mol. The molecule has 110 valence electrons. The first-order valence-electron chi connectivity index (χ1n) is 6.84. The van der Waals surface area contributed by atoms with Crippen LogP contribution in [0.2, 0.25) is 0 Å². The van der Waals surface area contributed by atoms with Crippen molar-refractivity contribution in [3.8, 4) is 5.75 Å². The third-order valence-electron chi connectivity index (χ3n) is 3.83. The van der Waals surface area contributed by atoms with Crippen LogP contribution in [0.5, 0.6) is 5.75 Å². The van der Waals surface area contributed by atoms with Crippen LogP contribution in [0, 0.1) is 11.7 Å². The first kappa shape index (κ1) is 14.8. The highest BCUT2D eigenvalue weighted by Gasteiger charge is 2.29. The molecule has 2 rings (SSSR count). The lowest BCUT2D eigenvalue weighted by Crippen LogP contribution is -2.32. The number of hydrogen-bond donors (Lipinski definition) is 1. The maximum absolute atomic E-state index is 13.6. The molecule has 1 aromatic rings. The van der Waals surface area contributed by atoms with Gasteiger partial charge in [-0.2, -0.15) is 0 Å². The third-order valence-corrected chi connectivity index (χ3v) is 3.83. The normalized spacial score (nSPS) is 21.8. The quantitative estimate of drug-likeness (QED) is 0.916. The lowest BCUT2D eigenvalue weighted by molar-refractivity contribution is -0.134. The minimum atomic E-state index is -0.409. The van der Waals surface area contributed by atoms with Gasteiger partial charge < -0.3 is 15.4 Å². The molecule has 0 unspecified atom stereocenters. The minimum Gasteiger partial charge on any atom is -0.494 e. The van der Waals surface area contributed by atoms with Crippen molar-refractivity contribution in [1.82, 2.24) is 4.90 Å². The summed E-state index contributed by atoms with van der Waals surface area (Å²) >= 11 is 0. The van der Waals surface area contributed by atoms with E-state index in [1.54, 1.807) is 24.1 Å². The lowest BCUT2D eigenvalue weighted by atomic mass is 10.1. The second kappa shape index (κ2) is 6.22. The van der Waals surface area contributed by atoms with Gasteiger partial charge in [0.2, 0.25) is 5.91 Å². The molecule has 20 heavy (non-hydrogen) atoms. The Morgan fingerprint density at radius 1 is 1.50 bits per heavy atom. The Labute approximate surface area is 118 Å². The summed E-state index contributed by atoms with van der Waals surface area (Å²) in [6, 6.07) is 4.89. The van der Waals surface area contributed by atoms with Crippen molar-refractivity contribution in [3.63, 3.8) is 0 Å². The molecular formula is C15H21FN2O2. The van der Waals surface area contributed by atoms with Gasteiger partial charge in [-0.15, -0.1) is 0 Å². The van der Waals surface area contributed by atoms with Gasteiger partial charge in [-0.25, -0.2) is 4.39 Å². The fraction of sp³-hybridized carbons (Fsp3) is 0.533. The Balaban J connectivity index is 1.98. The number of carbonyl (C=O) groups excluding carboxylic acids is 1. The molecule has 0 aliphatic heterocycles.